The molecule has 24 heavy (non-hydrogen) atoms. The lowest BCUT2D eigenvalue weighted by molar-refractivity contribution is 0.340. The van der Waals surface area contributed by atoms with Gasteiger partial charge in [0.15, 0.2) is 0 Å². The van der Waals surface area contributed by atoms with E-state index in [0.717, 1.165) is 17.0 Å². The number of rotatable bonds is 3. The van der Waals surface area contributed by atoms with Gasteiger partial charge in [0.1, 0.15) is 11.5 Å². The van der Waals surface area contributed by atoms with Gasteiger partial charge in [0.2, 0.25) is 0 Å². The summed E-state index contributed by atoms with van der Waals surface area (Å²) in [5.41, 5.74) is 2.16. The lowest BCUT2D eigenvalue weighted by Crippen LogP contribution is -2.36. The topological polar surface area (TPSA) is 70.5 Å². The molecule has 0 fully saturated rings. The van der Waals surface area contributed by atoms with Crippen LogP contribution in [0.15, 0.2) is 35.1 Å². The summed E-state index contributed by atoms with van der Waals surface area (Å²) in [6.07, 6.45) is 0. The predicted molar refractivity (Wildman–Crippen MR) is 91.8 cm³/mol. The van der Waals surface area contributed by atoms with Gasteiger partial charge >= 0.3 is 5.69 Å². The fourth-order valence-electron chi connectivity index (χ4n) is 2.64. The Bertz CT molecular complexity index is 911. The summed E-state index contributed by atoms with van der Waals surface area (Å²) >= 11 is 0. The first-order valence-corrected chi connectivity index (χ1v) is 7.90. The molecule has 2 heterocycles. The third-order valence-corrected chi connectivity index (χ3v) is 3.98. The van der Waals surface area contributed by atoms with Crippen molar-refractivity contribution in [2.75, 3.05) is 0 Å². The van der Waals surface area contributed by atoms with Crippen LogP contribution in [0.2, 0.25) is 0 Å². The molecule has 1 aromatic carbocycles. The molecule has 0 aliphatic carbocycles. The maximum Gasteiger partial charge on any atom is 0.346 e. The molecule has 3 aromatic rings. The number of nitrogens with zero attached hydrogens (tertiary/aromatic N) is 6. The molecular weight excluding hydrogens is 304 g/mol. The van der Waals surface area contributed by atoms with E-state index in [1.165, 1.54) is 4.68 Å². The normalized spacial score (nSPS) is 11.9. The molecule has 0 amide bonds. The second-order valence-corrected chi connectivity index (χ2v) is 6.87. The SMILES string of the molecule is Cc1nn(C(C)(C)C)c(=O)n1Cc1c(-c2ccccc2)nnn1C. The molecule has 0 spiro atoms. The van der Waals surface area contributed by atoms with Gasteiger partial charge in [-0.3, -0.25) is 4.57 Å². The van der Waals surface area contributed by atoms with Crippen molar-refractivity contribution in [3.63, 3.8) is 0 Å². The van der Waals surface area contributed by atoms with Crippen LogP contribution in [0.4, 0.5) is 0 Å². The third kappa shape index (κ3) is 2.77. The summed E-state index contributed by atoms with van der Waals surface area (Å²) in [5, 5.41) is 12.8. The van der Waals surface area contributed by atoms with Crippen molar-refractivity contribution in [3.05, 3.63) is 52.3 Å². The number of aromatic nitrogens is 6. The summed E-state index contributed by atoms with van der Waals surface area (Å²) < 4.78 is 4.90. The molecule has 0 aliphatic heterocycles. The van der Waals surface area contributed by atoms with Gasteiger partial charge < -0.3 is 0 Å². The molecule has 7 heteroatoms. The van der Waals surface area contributed by atoms with E-state index < -0.39 is 0 Å². The largest absolute Gasteiger partial charge is 0.346 e. The quantitative estimate of drug-likeness (QED) is 0.737. The lowest BCUT2D eigenvalue weighted by atomic mass is 10.1. The fraction of sp³-hybridized carbons (Fsp3) is 0.412. The van der Waals surface area contributed by atoms with Gasteiger partial charge in [-0.25, -0.2) is 14.2 Å². The molecule has 0 saturated heterocycles. The van der Waals surface area contributed by atoms with E-state index in [0.29, 0.717) is 12.4 Å². The first-order valence-electron chi connectivity index (χ1n) is 7.90. The van der Waals surface area contributed by atoms with Crippen LogP contribution in [0, 0.1) is 6.92 Å². The van der Waals surface area contributed by atoms with Crippen LogP contribution in [0.25, 0.3) is 11.3 Å². The summed E-state index contributed by atoms with van der Waals surface area (Å²) in [6.45, 7) is 8.12. The van der Waals surface area contributed by atoms with Crippen LogP contribution in [0.1, 0.15) is 32.3 Å². The highest BCUT2D eigenvalue weighted by Gasteiger charge is 2.22. The molecule has 0 saturated carbocycles. The van der Waals surface area contributed by atoms with Crippen LogP contribution >= 0.6 is 0 Å². The Morgan fingerprint density at radius 1 is 1.12 bits per heavy atom. The highest BCUT2D eigenvalue weighted by molar-refractivity contribution is 5.61. The first-order chi connectivity index (χ1) is 11.3. The fourth-order valence-corrected chi connectivity index (χ4v) is 2.64. The molecule has 0 N–H and O–H groups in total. The Kier molecular flexibility index (Phi) is 3.87. The van der Waals surface area contributed by atoms with Crippen molar-refractivity contribution in [2.24, 2.45) is 7.05 Å². The summed E-state index contributed by atoms with van der Waals surface area (Å²) in [7, 11) is 1.84. The molecule has 7 nitrogen and oxygen atoms in total. The van der Waals surface area contributed by atoms with E-state index in [2.05, 4.69) is 15.4 Å². The van der Waals surface area contributed by atoms with Gasteiger partial charge in [0.05, 0.1) is 17.8 Å². The van der Waals surface area contributed by atoms with Crippen molar-refractivity contribution in [1.29, 1.82) is 0 Å². The molecule has 126 valence electrons. The van der Waals surface area contributed by atoms with Crippen molar-refractivity contribution >= 4 is 0 Å². The van der Waals surface area contributed by atoms with Crippen LogP contribution in [-0.2, 0) is 19.1 Å². The minimum Gasteiger partial charge on any atom is -0.273 e. The van der Waals surface area contributed by atoms with Gasteiger partial charge in [0.25, 0.3) is 0 Å². The van der Waals surface area contributed by atoms with Gasteiger partial charge in [-0.2, -0.15) is 5.10 Å². The molecule has 3 rings (SSSR count). The summed E-state index contributed by atoms with van der Waals surface area (Å²) in [4.78, 5) is 12.7. The molecule has 0 unspecified atom stereocenters. The monoisotopic (exact) mass is 326 g/mol. The zero-order chi connectivity index (χ0) is 17.5. The van der Waals surface area contributed by atoms with E-state index in [1.54, 1.807) is 9.25 Å². The van der Waals surface area contributed by atoms with Crippen molar-refractivity contribution in [3.8, 4) is 11.3 Å². The number of hydrogen-bond donors (Lipinski definition) is 0. The average Bonchev–Trinajstić information content (AvgIpc) is 3.03. The van der Waals surface area contributed by atoms with Crippen molar-refractivity contribution in [1.82, 2.24) is 29.3 Å². The van der Waals surface area contributed by atoms with E-state index in [9.17, 15) is 4.79 Å². The lowest BCUT2D eigenvalue weighted by Gasteiger charge is -2.16. The Morgan fingerprint density at radius 3 is 2.38 bits per heavy atom. The van der Waals surface area contributed by atoms with Crippen LogP contribution in [0.3, 0.4) is 0 Å². The Balaban J connectivity index is 2.07. The minimum absolute atomic E-state index is 0.125. The van der Waals surface area contributed by atoms with E-state index in [-0.39, 0.29) is 11.2 Å². The zero-order valence-corrected chi connectivity index (χ0v) is 14.7. The van der Waals surface area contributed by atoms with Crippen molar-refractivity contribution < 1.29 is 0 Å². The van der Waals surface area contributed by atoms with E-state index in [4.69, 9.17) is 0 Å². The predicted octanol–water partition coefficient (Wildman–Crippen LogP) is 1.95. The van der Waals surface area contributed by atoms with E-state index in [1.807, 2.05) is 65.1 Å². The first kappa shape index (κ1) is 16.2. The Hall–Kier alpha value is -2.70. The highest BCUT2D eigenvalue weighted by Crippen LogP contribution is 2.21. The summed E-state index contributed by atoms with van der Waals surface area (Å²) in [6, 6.07) is 9.86. The smallest absolute Gasteiger partial charge is 0.273 e. The molecule has 0 radical (unpaired) electrons. The minimum atomic E-state index is -0.361. The Morgan fingerprint density at radius 2 is 1.79 bits per heavy atom. The van der Waals surface area contributed by atoms with E-state index >= 15 is 0 Å². The highest BCUT2D eigenvalue weighted by atomic mass is 16.2. The molecule has 0 aliphatic rings. The van der Waals surface area contributed by atoms with Crippen LogP contribution in [0.5, 0.6) is 0 Å². The maximum absolute atomic E-state index is 12.7. The average molecular weight is 326 g/mol. The van der Waals surface area contributed by atoms with Gasteiger partial charge in [0, 0.05) is 12.6 Å². The number of hydrogen-bond acceptors (Lipinski definition) is 4. The van der Waals surface area contributed by atoms with Crippen molar-refractivity contribution in [2.45, 2.75) is 39.8 Å². The van der Waals surface area contributed by atoms with Gasteiger partial charge in [-0.15, -0.1) is 5.10 Å². The summed E-state index contributed by atoms with van der Waals surface area (Å²) in [5.74, 6) is 0.676. The number of aryl methyl sites for hydroxylation is 2. The maximum atomic E-state index is 12.7. The van der Waals surface area contributed by atoms with Crippen LogP contribution < -0.4 is 5.69 Å². The molecule has 2 aromatic heterocycles. The second-order valence-electron chi connectivity index (χ2n) is 6.87. The number of benzene rings is 1. The Labute approximate surface area is 140 Å². The standard InChI is InChI=1S/C17H22N6O/c1-12-19-23(17(2,3)4)16(24)22(12)11-14-15(18-20-21(14)5)13-9-7-6-8-10-13/h6-10H,11H2,1-5H3. The molecule has 0 atom stereocenters. The van der Waals surface area contributed by atoms with Gasteiger partial charge in [-0.05, 0) is 27.7 Å². The van der Waals surface area contributed by atoms with Gasteiger partial charge in [-0.1, -0.05) is 35.5 Å². The molecule has 0 bridgehead atoms. The molecular formula is C17H22N6O. The third-order valence-electron chi connectivity index (χ3n) is 3.98. The second kappa shape index (κ2) is 5.74. The zero-order valence-electron chi connectivity index (χ0n) is 14.7. The van der Waals surface area contributed by atoms with Crippen LogP contribution in [-0.4, -0.2) is 29.3 Å².